The molecule has 3 rings (SSSR count). The third-order valence-electron chi connectivity index (χ3n) is 4.27. The van der Waals surface area contributed by atoms with Gasteiger partial charge in [0.1, 0.15) is 0 Å². The topological polar surface area (TPSA) is 84.8 Å². The molecule has 112 valence electrons. The Hall–Kier alpha value is -2.68. The number of fused-ring (bicyclic) bond motifs is 1. The second kappa shape index (κ2) is 5.60. The lowest BCUT2D eigenvalue weighted by molar-refractivity contribution is -0.384. The zero-order valence-corrected chi connectivity index (χ0v) is 12.3. The maximum atomic E-state index is 10.8. The Morgan fingerprint density at radius 3 is 2.82 bits per heavy atom. The Balaban J connectivity index is 2.08. The van der Waals surface area contributed by atoms with Gasteiger partial charge in [-0.05, 0) is 31.4 Å². The van der Waals surface area contributed by atoms with E-state index in [4.69, 9.17) is 5.26 Å². The van der Waals surface area contributed by atoms with Gasteiger partial charge in [-0.25, -0.2) is 0 Å². The molecule has 0 bridgehead atoms. The second-order valence-corrected chi connectivity index (χ2v) is 5.59. The first-order valence-corrected chi connectivity index (χ1v) is 7.29. The SMILES string of the molecule is Cn1nc(-c2ccc([N+](=O)[O-])cc2)c2c1CCCC2CC#N. The van der Waals surface area contributed by atoms with Crippen molar-refractivity contribution >= 4 is 5.69 Å². The summed E-state index contributed by atoms with van der Waals surface area (Å²) in [4.78, 5) is 10.4. The molecule has 1 aliphatic carbocycles. The first kappa shape index (κ1) is 14.3. The van der Waals surface area contributed by atoms with E-state index in [1.807, 2.05) is 11.7 Å². The number of rotatable bonds is 3. The van der Waals surface area contributed by atoms with E-state index in [2.05, 4.69) is 11.2 Å². The zero-order chi connectivity index (χ0) is 15.7. The quantitative estimate of drug-likeness (QED) is 0.642. The summed E-state index contributed by atoms with van der Waals surface area (Å²) in [7, 11) is 1.92. The monoisotopic (exact) mass is 296 g/mol. The lowest BCUT2D eigenvalue weighted by Gasteiger charge is -2.21. The molecule has 2 aromatic rings. The highest BCUT2D eigenvalue weighted by Gasteiger charge is 2.28. The van der Waals surface area contributed by atoms with Gasteiger partial charge in [0.15, 0.2) is 0 Å². The number of non-ortho nitro benzene ring substituents is 1. The van der Waals surface area contributed by atoms with Gasteiger partial charge in [0.25, 0.3) is 5.69 Å². The minimum absolute atomic E-state index is 0.0714. The lowest BCUT2D eigenvalue weighted by atomic mass is 9.82. The first-order valence-electron chi connectivity index (χ1n) is 7.29. The average molecular weight is 296 g/mol. The van der Waals surface area contributed by atoms with Crippen LogP contribution in [0.4, 0.5) is 5.69 Å². The molecule has 1 aromatic heterocycles. The molecule has 6 nitrogen and oxygen atoms in total. The molecule has 0 spiro atoms. The van der Waals surface area contributed by atoms with Crippen LogP contribution in [-0.4, -0.2) is 14.7 Å². The van der Waals surface area contributed by atoms with Crippen LogP contribution in [0, 0.1) is 21.4 Å². The molecule has 0 fully saturated rings. The van der Waals surface area contributed by atoms with E-state index in [0.717, 1.165) is 36.1 Å². The van der Waals surface area contributed by atoms with Gasteiger partial charge in [-0.3, -0.25) is 14.8 Å². The molecule has 0 saturated carbocycles. The molecule has 1 aliphatic rings. The van der Waals surface area contributed by atoms with Crippen LogP contribution in [0.5, 0.6) is 0 Å². The van der Waals surface area contributed by atoms with Crippen LogP contribution < -0.4 is 0 Å². The largest absolute Gasteiger partial charge is 0.272 e. The summed E-state index contributed by atoms with van der Waals surface area (Å²) in [5.74, 6) is 0.202. The predicted molar refractivity (Wildman–Crippen MR) is 81.2 cm³/mol. The number of hydrogen-bond acceptors (Lipinski definition) is 4. The van der Waals surface area contributed by atoms with Crippen molar-refractivity contribution < 1.29 is 4.92 Å². The summed E-state index contributed by atoms with van der Waals surface area (Å²) in [5, 5.41) is 24.4. The van der Waals surface area contributed by atoms with Crippen LogP contribution in [0.1, 0.15) is 36.4 Å². The fourth-order valence-electron chi connectivity index (χ4n) is 3.23. The van der Waals surface area contributed by atoms with E-state index in [1.165, 1.54) is 17.8 Å². The number of nitriles is 1. The normalized spacial score (nSPS) is 16.8. The Labute approximate surface area is 128 Å². The number of aromatic nitrogens is 2. The second-order valence-electron chi connectivity index (χ2n) is 5.59. The summed E-state index contributed by atoms with van der Waals surface area (Å²) in [6.45, 7) is 0. The van der Waals surface area contributed by atoms with Gasteiger partial charge in [-0.2, -0.15) is 10.4 Å². The summed E-state index contributed by atoms with van der Waals surface area (Å²) >= 11 is 0. The zero-order valence-electron chi connectivity index (χ0n) is 12.3. The Morgan fingerprint density at radius 2 is 2.18 bits per heavy atom. The molecule has 0 aliphatic heterocycles. The maximum Gasteiger partial charge on any atom is 0.269 e. The van der Waals surface area contributed by atoms with Gasteiger partial charge in [-0.15, -0.1) is 0 Å². The van der Waals surface area contributed by atoms with Crippen molar-refractivity contribution in [1.82, 2.24) is 9.78 Å². The molecule has 1 heterocycles. The van der Waals surface area contributed by atoms with Crippen molar-refractivity contribution in [3.05, 3.63) is 45.6 Å². The van der Waals surface area contributed by atoms with Crippen LogP contribution in [0.25, 0.3) is 11.3 Å². The summed E-state index contributed by atoms with van der Waals surface area (Å²) in [6.07, 6.45) is 3.51. The van der Waals surface area contributed by atoms with Gasteiger partial charge in [-0.1, -0.05) is 0 Å². The van der Waals surface area contributed by atoms with Crippen molar-refractivity contribution in [3.63, 3.8) is 0 Å². The van der Waals surface area contributed by atoms with Gasteiger partial charge < -0.3 is 0 Å². The molecular weight excluding hydrogens is 280 g/mol. The summed E-state index contributed by atoms with van der Waals surface area (Å²) in [5.41, 5.74) is 4.12. The van der Waals surface area contributed by atoms with E-state index in [1.54, 1.807) is 12.1 Å². The summed E-state index contributed by atoms with van der Waals surface area (Å²) in [6, 6.07) is 8.73. The van der Waals surface area contributed by atoms with E-state index in [9.17, 15) is 10.1 Å². The number of benzene rings is 1. The Bertz CT molecular complexity index is 756. The fourth-order valence-corrected chi connectivity index (χ4v) is 3.23. The molecule has 0 N–H and O–H groups in total. The van der Waals surface area contributed by atoms with E-state index in [0.29, 0.717) is 6.42 Å². The molecule has 1 unspecified atom stereocenters. The highest BCUT2D eigenvalue weighted by atomic mass is 16.6. The van der Waals surface area contributed by atoms with Crippen LogP contribution in [0.2, 0.25) is 0 Å². The van der Waals surface area contributed by atoms with Crippen molar-refractivity contribution in [2.45, 2.75) is 31.6 Å². The Kier molecular flexibility index (Phi) is 3.63. The predicted octanol–water partition coefficient (Wildman–Crippen LogP) is 3.33. The van der Waals surface area contributed by atoms with Gasteiger partial charge >= 0.3 is 0 Å². The van der Waals surface area contributed by atoms with Gasteiger partial charge in [0.05, 0.1) is 16.7 Å². The van der Waals surface area contributed by atoms with E-state index >= 15 is 0 Å². The molecule has 1 aromatic carbocycles. The van der Waals surface area contributed by atoms with Gasteiger partial charge in [0.2, 0.25) is 0 Å². The van der Waals surface area contributed by atoms with E-state index in [-0.39, 0.29) is 11.6 Å². The molecule has 0 radical (unpaired) electrons. The number of nitro groups is 1. The van der Waals surface area contributed by atoms with Crippen LogP contribution in [0.15, 0.2) is 24.3 Å². The van der Waals surface area contributed by atoms with Gasteiger partial charge in [0, 0.05) is 48.3 Å². The maximum absolute atomic E-state index is 10.8. The van der Waals surface area contributed by atoms with Crippen molar-refractivity contribution in [1.29, 1.82) is 5.26 Å². The van der Waals surface area contributed by atoms with Crippen molar-refractivity contribution in [2.24, 2.45) is 7.05 Å². The van der Waals surface area contributed by atoms with Crippen LogP contribution in [0.3, 0.4) is 0 Å². The minimum Gasteiger partial charge on any atom is -0.272 e. The smallest absolute Gasteiger partial charge is 0.269 e. The molecule has 0 saturated heterocycles. The first-order chi connectivity index (χ1) is 10.6. The molecule has 6 heteroatoms. The van der Waals surface area contributed by atoms with Crippen LogP contribution in [-0.2, 0) is 13.5 Å². The number of hydrogen-bond donors (Lipinski definition) is 0. The highest BCUT2D eigenvalue weighted by Crippen LogP contribution is 2.40. The van der Waals surface area contributed by atoms with Crippen molar-refractivity contribution in [2.75, 3.05) is 0 Å². The van der Waals surface area contributed by atoms with Crippen LogP contribution >= 0.6 is 0 Å². The molecule has 0 amide bonds. The lowest BCUT2D eigenvalue weighted by Crippen LogP contribution is -2.11. The van der Waals surface area contributed by atoms with E-state index < -0.39 is 4.92 Å². The average Bonchev–Trinajstić information content (AvgIpc) is 2.86. The number of nitro benzene ring substituents is 1. The molecule has 1 atom stereocenters. The Morgan fingerprint density at radius 1 is 1.45 bits per heavy atom. The fraction of sp³-hybridized carbons (Fsp3) is 0.375. The molecular formula is C16H16N4O2. The third kappa shape index (κ3) is 2.35. The summed E-state index contributed by atoms with van der Waals surface area (Å²) < 4.78 is 1.88. The highest BCUT2D eigenvalue weighted by molar-refractivity contribution is 5.66. The standard InChI is InChI=1S/C16H16N4O2/c1-19-14-4-2-3-11(9-10-17)15(14)16(18-19)12-5-7-13(8-6-12)20(21)22/h5-8,11H,2-4,9H2,1H3. The van der Waals surface area contributed by atoms with Crippen molar-refractivity contribution in [3.8, 4) is 17.3 Å². The molecule has 22 heavy (non-hydrogen) atoms. The number of aryl methyl sites for hydroxylation is 1. The number of nitrogens with zero attached hydrogens (tertiary/aromatic N) is 4. The third-order valence-corrected chi connectivity index (χ3v) is 4.27. The minimum atomic E-state index is -0.407.